The number of fused-ring (bicyclic) bond motifs is 5. The van der Waals surface area contributed by atoms with Crippen LogP contribution in [0.15, 0.2) is 17.2 Å². The van der Waals surface area contributed by atoms with E-state index in [4.69, 9.17) is 0 Å². The molecular formula is C21H28O3. The zero-order valence-corrected chi connectivity index (χ0v) is 14.8. The molecule has 0 spiro atoms. The van der Waals surface area contributed by atoms with E-state index in [2.05, 4.69) is 25.9 Å². The molecule has 3 heteroatoms. The largest absolute Gasteiger partial charge is 0.481 e. The highest BCUT2D eigenvalue weighted by Gasteiger charge is 2.59. The Morgan fingerprint density at radius 1 is 1.21 bits per heavy atom. The van der Waals surface area contributed by atoms with E-state index in [0.717, 1.165) is 56.9 Å². The quantitative estimate of drug-likeness (QED) is 0.573. The number of allylic oxidation sites excluding steroid dienone is 3. The smallest absolute Gasteiger partial charge is 0.307 e. The minimum absolute atomic E-state index is 0.0166. The Labute approximate surface area is 144 Å². The molecule has 4 aliphatic carbocycles. The lowest BCUT2D eigenvalue weighted by molar-refractivity contribution is -0.148. The van der Waals surface area contributed by atoms with Gasteiger partial charge < -0.3 is 5.11 Å². The zero-order valence-electron chi connectivity index (χ0n) is 14.8. The molecule has 0 aromatic heterocycles. The highest BCUT2D eigenvalue weighted by atomic mass is 16.4. The van der Waals surface area contributed by atoms with Crippen molar-refractivity contribution in [1.82, 2.24) is 0 Å². The second-order valence-corrected chi connectivity index (χ2v) is 9.15. The SMILES string of the molecule is C[C@]12CC[C@H]3[C@@H](CC=C4CC(=C=O)CC[C@@]43C)[C@@H]1CC[C@@H]2C(=O)O. The molecule has 130 valence electrons. The van der Waals surface area contributed by atoms with E-state index in [9.17, 15) is 14.7 Å². The van der Waals surface area contributed by atoms with Crippen molar-refractivity contribution in [3.05, 3.63) is 17.2 Å². The molecule has 0 bridgehead atoms. The first-order valence-corrected chi connectivity index (χ1v) is 9.55. The van der Waals surface area contributed by atoms with Crippen LogP contribution in [0.5, 0.6) is 0 Å². The van der Waals surface area contributed by atoms with Crippen LogP contribution in [0, 0.1) is 34.5 Å². The van der Waals surface area contributed by atoms with Crippen molar-refractivity contribution < 1.29 is 14.7 Å². The molecule has 0 amide bonds. The third kappa shape index (κ3) is 2.03. The molecule has 1 N–H and O–H groups in total. The van der Waals surface area contributed by atoms with Gasteiger partial charge in [-0.25, -0.2) is 4.79 Å². The van der Waals surface area contributed by atoms with Crippen LogP contribution in [0.1, 0.15) is 65.2 Å². The minimum atomic E-state index is -0.588. The van der Waals surface area contributed by atoms with Crippen LogP contribution < -0.4 is 0 Å². The molecule has 6 atom stereocenters. The predicted molar refractivity (Wildman–Crippen MR) is 92.0 cm³/mol. The number of aliphatic carboxylic acids is 1. The van der Waals surface area contributed by atoms with Crippen molar-refractivity contribution in [2.24, 2.45) is 34.5 Å². The summed E-state index contributed by atoms with van der Waals surface area (Å²) in [6.07, 6.45) is 10.4. The van der Waals surface area contributed by atoms with E-state index < -0.39 is 5.97 Å². The second kappa shape index (κ2) is 5.33. The van der Waals surface area contributed by atoms with Crippen molar-refractivity contribution in [1.29, 1.82) is 0 Å². The number of carbonyl (C=O) groups is 1. The average molecular weight is 328 g/mol. The molecule has 0 unspecified atom stereocenters. The van der Waals surface area contributed by atoms with E-state index in [0.29, 0.717) is 17.8 Å². The van der Waals surface area contributed by atoms with Gasteiger partial charge in [-0.15, -0.1) is 0 Å². The number of hydrogen-bond acceptors (Lipinski definition) is 2. The Morgan fingerprint density at radius 2 is 2.00 bits per heavy atom. The maximum atomic E-state index is 11.7. The molecule has 0 aromatic carbocycles. The predicted octanol–water partition coefficient (Wildman–Crippen LogP) is 4.41. The summed E-state index contributed by atoms with van der Waals surface area (Å²) in [6.45, 7) is 4.65. The van der Waals surface area contributed by atoms with Crippen molar-refractivity contribution in [3.63, 3.8) is 0 Å². The Hall–Kier alpha value is -1.34. The number of carbonyl (C=O) groups excluding carboxylic acids is 1. The van der Waals surface area contributed by atoms with Gasteiger partial charge in [0.1, 0.15) is 5.94 Å². The van der Waals surface area contributed by atoms with Gasteiger partial charge >= 0.3 is 5.97 Å². The molecule has 4 rings (SSSR count). The van der Waals surface area contributed by atoms with E-state index in [1.165, 1.54) is 5.57 Å². The molecule has 3 saturated carbocycles. The fraction of sp³-hybridized carbons (Fsp3) is 0.762. The molecule has 0 heterocycles. The van der Waals surface area contributed by atoms with Crippen LogP contribution in [-0.2, 0) is 9.59 Å². The first kappa shape index (κ1) is 16.1. The van der Waals surface area contributed by atoms with Gasteiger partial charge in [-0.2, -0.15) is 0 Å². The molecule has 24 heavy (non-hydrogen) atoms. The van der Waals surface area contributed by atoms with Crippen LogP contribution in [-0.4, -0.2) is 17.0 Å². The van der Waals surface area contributed by atoms with Crippen molar-refractivity contribution in [2.45, 2.75) is 65.2 Å². The standard InChI is InChI=1S/C21H28O3/c1-20-9-7-13(12-22)11-14(20)3-4-15-16-5-6-18(19(23)24)21(16,2)10-8-17(15)20/h3,15-18H,4-11H2,1-2H3,(H,23,24)/t15-,16-,17-,18+,20-,21-/m0/s1. The third-order valence-corrected chi connectivity index (χ3v) is 8.42. The van der Waals surface area contributed by atoms with E-state index >= 15 is 0 Å². The molecule has 4 aliphatic rings. The maximum absolute atomic E-state index is 11.7. The van der Waals surface area contributed by atoms with Crippen LogP contribution in [0.4, 0.5) is 0 Å². The number of carboxylic acid groups (broad SMARTS) is 1. The van der Waals surface area contributed by atoms with Gasteiger partial charge in [0, 0.05) is 12.0 Å². The normalized spacial score (nSPS) is 47.1. The average Bonchev–Trinajstić information content (AvgIpc) is 2.91. The van der Waals surface area contributed by atoms with Crippen LogP contribution in [0.2, 0.25) is 0 Å². The molecule has 3 nitrogen and oxygen atoms in total. The van der Waals surface area contributed by atoms with Crippen molar-refractivity contribution in [3.8, 4) is 0 Å². The van der Waals surface area contributed by atoms with Crippen molar-refractivity contribution in [2.75, 3.05) is 0 Å². The Balaban J connectivity index is 1.67. The number of rotatable bonds is 1. The lowest BCUT2D eigenvalue weighted by atomic mass is 9.47. The van der Waals surface area contributed by atoms with Crippen LogP contribution in [0.3, 0.4) is 0 Å². The Morgan fingerprint density at radius 3 is 2.71 bits per heavy atom. The van der Waals surface area contributed by atoms with Gasteiger partial charge in [0.15, 0.2) is 0 Å². The summed E-state index contributed by atoms with van der Waals surface area (Å²) in [5.41, 5.74) is 2.60. The highest BCUT2D eigenvalue weighted by molar-refractivity contribution is 5.71. The lowest BCUT2D eigenvalue weighted by Crippen LogP contribution is -2.50. The highest BCUT2D eigenvalue weighted by Crippen LogP contribution is 2.66. The fourth-order valence-electron chi connectivity index (χ4n) is 7.00. The first-order valence-electron chi connectivity index (χ1n) is 9.55. The van der Waals surface area contributed by atoms with E-state index in [1.54, 1.807) is 0 Å². The molecular weight excluding hydrogens is 300 g/mol. The van der Waals surface area contributed by atoms with Gasteiger partial charge in [0.25, 0.3) is 0 Å². The first-order chi connectivity index (χ1) is 11.4. The summed E-state index contributed by atoms with van der Waals surface area (Å²) < 4.78 is 0. The summed E-state index contributed by atoms with van der Waals surface area (Å²) in [6, 6.07) is 0. The molecule has 0 aliphatic heterocycles. The summed E-state index contributed by atoms with van der Waals surface area (Å²) in [4.78, 5) is 22.8. The summed E-state index contributed by atoms with van der Waals surface area (Å²) in [7, 11) is 0. The third-order valence-electron chi connectivity index (χ3n) is 8.42. The lowest BCUT2D eigenvalue weighted by Gasteiger charge is -2.57. The second-order valence-electron chi connectivity index (χ2n) is 9.15. The Bertz CT molecular complexity index is 656. The van der Waals surface area contributed by atoms with Gasteiger partial charge in [0.05, 0.1) is 5.92 Å². The molecule has 0 radical (unpaired) electrons. The minimum Gasteiger partial charge on any atom is -0.481 e. The summed E-state index contributed by atoms with van der Waals surface area (Å²) in [5.74, 6) is 3.25. The van der Waals surface area contributed by atoms with Gasteiger partial charge in [-0.1, -0.05) is 25.5 Å². The summed E-state index contributed by atoms with van der Waals surface area (Å²) in [5, 5.41) is 9.66. The monoisotopic (exact) mass is 328 g/mol. The Kier molecular flexibility index (Phi) is 3.58. The summed E-state index contributed by atoms with van der Waals surface area (Å²) >= 11 is 0. The topological polar surface area (TPSA) is 54.4 Å². The van der Waals surface area contributed by atoms with Crippen LogP contribution >= 0.6 is 0 Å². The fourth-order valence-corrected chi connectivity index (χ4v) is 7.00. The van der Waals surface area contributed by atoms with Gasteiger partial charge in [-0.3, -0.25) is 4.79 Å². The van der Waals surface area contributed by atoms with Crippen molar-refractivity contribution >= 4 is 11.9 Å². The molecule has 0 aromatic rings. The molecule has 3 fully saturated rings. The maximum Gasteiger partial charge on any atom is 0.307 e. The van der Waals surface area contributed by atoms with Gasteiger partial charge in [0.2, 0.25) is 0 Å². The van der Waals surface area contributed by atoms with Crippen LogP contribution in [0.25, 0.3) is 0 Å². The van der Waals surface area contributed by atoms with Gasteiger partial charge in [-0.05, 0) is 73.5 Å². The van der Waals surface area contributed by atoms with E-state index in [-0.39, 0.29) is 16.7 Å². The zero-order chi connectivity index (χ0) is 17.1. The van der Waals surface area contributed by atoms with E-state index in [1.807, 2.05) is 0 Å². The number of hydrogen-bond donors (Lipinski definition) is 1. The molecule has 0 saturated heterocycles. The number of carboxylic acids is 1.